The van der Waals surface area contributed by atoms with Crippen molar-refractivity contribution in [3.63, 3.8) is 0 Å². The molecule has 0 saturated heterocycles. The van der Waals surface area contributed by atoms with Crippen LogP contribution in [0.1, 0.15) is 0 Å². The molecule has 0 unspecified atom stereocenters. The van der Waals surface area contributed by atoms with Crippen LogP contribution in [-0.2, 0) is 52.9 Å². The Bertz CT molecular complexity index is 2930. The molecular weight excluding hydrogens is 1510 g/mol. The van der Waals surface area contributed by atoms with E-state index in [2.05, 4.69) is 209 Å². The summed E-state index contributed by atoms with van der Waals surface area (Å²) in [6.45, 7) is 17.1. The topological polar surface area (TPSA) is 157 Å². The van der Waals surface area contributed by atoms with Crippen molar-refractivity contribution in [1.82, 2.24) is 0 Å². The average molecular weight is 1570 g/mol. The van der Waals surface area contributed by atoms with Crippen LogP contribution in [0.2, 0.25) is 0 Å². The summed E-state index contributed by atoms with van der Waals surface area (Å²) >= 11 is 0. The third kappa shape index (κ3) is 17.0. The van der Waals surface area contributed by atoms with Crippen LogP contribution in [0.4, 0.5) is 0 Å². The first-order valence-corrected chi connectivity index (χ1v) is 36.3. The van der Waals surface area contributed by atoms with E-state index in [1.165, 1.54) is 31.8 Å². The maximum atomic E-state index is 11.1. The summed E-state index contributed by atoms with van der Waals surface area (Å²) in [6, 6.07) is 98.0. The fourth-order valence-corrected chi connectivity index (χ4v) is 23.4. The molecule has 82 heavy (non-hydrogen) atoms. The summed E-state index contributed by atoms with van der Waals surface area (Å²) in [5.41, 5.74) is 0. The number of hydrogen-bond donors (Lipinski definition) is 0. The zero-order valence-corrected chi connectivity index (χ0v) is 53.9. The van der Waals surface area contributed by atoms with Gasteiger partial charge in [-0.05, 0) is 87.3 Å². The molecule has 0 aromatic heterocycles. The molecule has 0 saturated carbocycles. The van der Waals surface area contributed by atoms with E-state index in [1.54, 1.807) is 121 Å². The van der Waals surface area contributed by atoms with Gasteiger partial charge in [-0.25, -0.2) is 0 Å². The van der Waals surface area contributed by atoms with Gasteiger partial charge >= 0.3 is 239 Å². The molecule has 0 fully saturated rings. The van der Waals surface area contributed by atoms with E-state index in [9.17, 15) is 28.0 Å². The fourth-order valence-electron chi connectivity index (χ4n) is 8.95. The maximum absolute atomic E-state index is 11.1. The Morgan fingerprint density at radius 1 is 0.244 bits per heavy atom. The summed E-state index contributed by atoms with van der Waals surface area (Å²) in [4.78, 5) is 0. The first-order chi connectivity index (χ1) is 38.1. The largest absolute Gasteiger partial charge is 0.165 e. The second-order valence-corrected chi connectivity index (χ2v) is 35.3. The van der Waals surface area contributed by atoms with Crippen molar-refractivity contribution in [2.24, 2.45) is 0 Å². The van der Waals surface area contributed by atoms with Gasteiger partial charge in [-0.15, -0.1) is 0 Å². The first kappa shape index (κ1) is 68.4. The van der Waals surface area contributed by atoms with Gasteiger partial charge in [-0.2, -0.15) is 13.3 Å². The van der Waals surface area contributed by atoms with Crippen molar-refractivity contribution in [1.29, 1.82) is 0 Å². The molecule has 0 heterocycles. The van der Waals surface area contributed by atoms with Gasteiger partial charge in [0.2, 0.25) is 0 Å². The average Bonchev–Trinajstić information content (AvgIpc) is 2.91. The van der Waals surface area contributed by atoms with Crippen molar-refractivity contribution in [3.05, 3.63) is 343 Å². The van der Waals surface area contributed by atoms with Gasteiger partial charge in [0.1, 0.15) is 0 Å². The van der Waals surface area contributed by atoms with Gasteiger partial charge in [0, 0.05) is 44.8 Å². The van der Waals surface area contributed by atoms with E-state index in [-0.39, 0.29) is 44.8 Å². The van der Waals surface area contributed by atoms with E-state index in [0.29, 0.717) is 21.2 Å². The summed E-state index contributed by atoms with van der Waals surface area (Å²) in [7, 11) is -12.9. The van der Waals surface area contributed by atoms with Crippen LogP contribution < -0.4 is 81.0 Å². The van der Waals surface area contributed by atoms with Crippen LogP contribution in [-0.4, -0.2) is 0 Å². The van der Waals surface area contributed by atoms with Gasteiger partial charge < -0.3 is 0 Å². The molecule has 10 aromatic carbocycles. The summed E-state index contributed by atoms with van der Waals surface area (Å²) in [6.07, 6.45) is 0. The molecule has 0 bridgehead atoms. The van der Waals surface area contributed by atoms with E-state index >= 15 is 0 Å². The zero-order valence-electron chi connectivity index (χ0n) is 44.5. The van der Waals surface area contributed by atoms with Crippen LogP contribution in [0.25, 0.3) is 0 Å². The Balaban J connectivity index is 0.000000199. The van der Waals surface area contributed by atoms with Crippen LogP contribution >= 0.6 is 28.2 Å². The summed E-state index contributed by atoms with van der Waals surface area (Å²) in [5.74, 6) is 0. The molecule has 0 aliphatic heterocycles. The third-order valence-corrected chi connectivity index (χ3v) is 30.2. The summed E-state index contributed by atoms with van der Waals surface area (Å²) in [5, 5.41) is 9.83. The van der Waals surface area contributed by atoms with Crippen molar-refractivity contribution >= 4 is 81.2 Å². The molecule has 0 N–H and O–H groups in total. The molecule has 0 aliphatic carbocycles. The molecular formula is C66H62Au2Cl2O8P4-4. The fraction of sp³-hybridized carbons (Fsp3) is 0. The summed E-state index contributed by atoms with van der Waals surface area (Å²) < 4.78 is 76.6. The standard InChI is InChI=1S/2C19H17P.2C14H14ClO4P.2Au/c2*1-20(17-11-5-2-6-12-17,18-13-7-3-8-14-18)19-15-9-4-10-16-19;2*1-20(2,19-15(16,17)18,13-9-5-3-6-10-13)14-11-7-4-8-12-14;;/h2*2-16H,1H2;2*3-12H,1-2H2;;/q;;2*-2;;. The molecule has 16 heteroatoms. The molecule has 10 rings (SSSR count). The van der Waals surface area contributed by atoms with E-state index in [4.69, 9.17) is 21.5 Å². The number of benzene rings is 10. The molecule has 0 spiro atoms. The van der Waals surface area contributed by atoms with Gasteiger partial charge in [-0.1, -0.05) is 109 Å². The maximum Gasteiger partial charge on any atom is 0.0748 e. The molecule has 2 radical (unpaired) electrons. The molecule has 10 aromatic rings. The van der Waals surface area contributed by atoms with Crippen molar-refractivity contribution in [2.45, 2.75) is 0 Å². The van der Waals surface area contributed by atoms with Gasteiger partial charge in [0.15, 0.2) is 0 Å². The Labute approximate surface area is 521 Å². The van der Waals surface area contributed by atoms with Crippen LogP contribution in [0.3, 0.4) is 0 Å². The Morgan fingerprint density at radius 3 is 0.488 bits per heavy atom. The normalized spacial score (nSPS) is 12.6. The number of halogens is 2. The first-order valence-electron chi connectivity index (χ1n) is 24.8. The predicted octanol–water partition coefficient (Wildman–Crippen LogP) is 6.74. The third-order valence-electron chi connectivity index (χ3n) is 13.1. The zero-order chi connectivity index (χ0) is 57.4. The monoisotopic (exact) mass is 1570 g/mol. The van der Waals surface area contributed by atoms with Crippen molar-refractivity contribution in [2.75, 3.05) is 0 Å². The molecule has 0 aliphatic rings. The minimum Gasteiger partial charge on any atom is -0.165 e. The Morgan fingerprint density at radius 2 is 0.366 bits per heavy atom. The number of hydrogen-bond acceptors (Lipinski definition) is 8. The smallest absolute Gasteiger partial charge is 0.0748 e. The minimum atomic E-state index is -4.66. The van der Waals surface area contributed by atoms with Crippen LogP contribution in [0, 0.1) is 60.5 Å². The van der Waals surface area contributed by atoms with Crippen LogP contribution in [0.5, 0.6) is 0 Å². The van der Waals surface area contributed by atoms with Gasteiger partial charge in [-0.3, -0.25) is 0 Å². The molecule has 0 atom stereocenters. The molecule has 8 nitrogen and oxygen atoms in total. The van der Waals surface area contributed by atoms with E-state index in [1.807, 2.05) is 0 Å². The van der Waals surface area contributed by atoms with Gasteiger partial charge in [0.05, 0.1) is 31.8 Å². The van der Waals surface area contributed by atoms with Crippen molar-refractivity contribution < 1.29 is 101 Å². The second kappa shape index (κ2) is 29.6. The Hall–Kier alpha value is -4.34. The second-order valence-electron chi connectivity index (χ2n) is 18.7. The quantitative estimate of drug-likeness (QED) is 0.0659. The van der Waals surface area contributed by atoms with E-state index in [0.717, 1.165) is 0 Å². The van der Waals surface area contributed by atoms with Crippen LogP contribution in [0.15, 0.2) is 303 Å². The minimum absolute atomic E-state index is 0. The Kier molecular flexibility index (Phi) is 24.7. The predicted molar refractivity (Wildman–Crippen MR) is 323 cm³/mol. The van der Waals surface area contributed by atoms with Crippen molar-refractivity contribution in [3.8, 4) is 0 Å². The number of rotatable bonds is 14. The SMILES string of the molecule is [Au].[Au].[CH2-]P([CH2-])(O[Cl+3]([O-])([O-])[O-])(c1ccccc1)c1ccccc1.[CH2-]P([CH2-])(O[Cl+3]([O-])([O-])[O-])(c1ccccc1)c1ccccc1.[CH2-][P+](c1ccccc1)(c1ccccc1)c1ccccc1.[CH2-][P+](c1ccccc1)(c1ccccc1)c1ccccc1. The van der Waals surface area contributed by atoms with E-state index < -0.39 is 48.7 Å². The van der Waals surface area contributed by atoms with Gasteiger partial charge in [0.25, 0.3) is 0 Å². The molecule has 434 valence electrons. The molecule has 0 amide bonds.